The van der Waals surface area contributed by atoms with Gasteiger partial charge in [-0.25, -0.2) is 9.69 Å². The fourth-order valence-corrected chi connectivity index (χ4v) is 3.71. The number of rotatable bonds is 12. The van der Waals surface area contributed by atoms with Gasteiger partial charge in [0.25, 0.3) is 11.5 Å². The number of H-pyrrole nitrogens is 1. The Morgan fingerprint density at radius 3 is 2.12 bits per heavy atom. The monoisotopic (exact) mass is 590 g/mol. The fourth-order valence-electron chi connectivity index (χ4n) is 3.71. The van der Waals surface area contributed by atoms with Crippen LogP contribution in [0.25, 0.3) is 0 Å². The molecule has 0 aliphatic carbocycles. The molecule has 1 aromatic carbocycles. The molecule has 4 amide bonds. The molecule has 1 heterocycles. The van der Waals surface area contributed by atoms with E-state index in [4.69, 9.17) is 4.74 Å². The second-order valence-corrected chi connectivity index (χ2v) is 8.69. The normalized spacial score (nSPS) is 10.8. The summed E-state index contributed by atoms with van der Waals surface area (Å²) in [5, 5.41) is 7.93. The molecule has 1 atom stereocenters. The molecule has 0 spiro atoms. The Morgan fingerprint density at radius 2 is 1.60 bits per heavy atom. The largest absolute Gasteiger partial charge is 0.469 e. The molecule has 0 aliphatic rings. The summed E-state index contributed by atoms with van der Waals surface area (Å²) >= 11 is 0. The molecule has 0 radical (unpaired) electrons. The minimum Gasteiger partial charge on any atom is -0.469 e. The molecular weight excluding hydrogens is 556 g/mol. The van der Waals surface area contributed by atoms with Gasteiger partial charge >= 0.3 is 11.9 Å². The van der Waals surface area contributed by atoms with Gasteiger partial charge in [0.2, 0.25) is 23.7 Å². The second kappa shape index (κ2) is 16.2. The predicted molar refractivity (Wildman–Crippen MR) is 150 cm³/mol. The SMILES string of the molecule is COC(=O)CC[C@H](NC(=O)c1ccc(NCCc2c(N(C(C)=O)C(C)=O)nc(NC(C)=O)[nH]c2=O)cc1)C(=O)OC.O. The number of nitrogens with zero attached hydrogens (tertiary/aromatic N) is 2. The third-order valence-electron chi connectivity index (χ3n) is 5.64. The molecule has 42 heavy (non-hydrogen) atoms. The van der Waals surface area contributed by atoms with E-state index in [0.717, 1.165) is 18.7 Å². The molecule has 16 heteroatoms. The number of aromatic amines is 1. The van der Waals surface area contributed by atoms with Crippen LogP contribution in [0.1, 0.15) is 49.5 Å². The van der Waals surface area contributed by atoms with Gasteiger partial charge in [-0.15, -0.1) is 0 Å². The zero-order valence-corrected chi connectivity index (χ0v) is 23.8. The van der Waals surface area contributed by atoms with Crippen LogP contribution in [0.15, 0.2) is 29.1 Å². The highest BCUT2D eigenvalue weighted by molar-refractivity contribution is 6.13. The van der Waals surface area contributed by atoms with Gasteiger partial charge in [-0.05, 0) is 37.1 Å². The Bertz CT molecular complexity index is 1360. The van der Waals surface area contributed by atoms with Crippen molar-refractivity contribution in [1.82, 2.24) is 15.3 Å². The standard InChI is InChI=1S/C26H32N6O9.H2O/c1-14(33)28-26-30-22(32(15(2)34)16(3)35)19(24(38)31-26)12-13-27-18-8-6-17(7-9-18)23(37)29-20(25(39)41-5)10-11-21(36)40-4;/h6-9,20,27H,10-13H2,1-5H3,(H,29,37)(H2,28,30,31,33,38);1H2/t20-;/m0./s1. The molecule has 0 fully saturated rings. The van der Waals surface area contributed by atoms with Crippen LogP contribution in [-0.2, 0) is 39.9 Å². The van der Waals surface area contributed by atoms with E-state index >= 15 is 0 Å². The van der Waals surface area contributed by atoms with E-state index in [2.05, 4.69) is 30.7 Å². The number of benzene rings is 1. The molecule has 2 aromatic rings. The first-order valence-corrected chi connectivity index (χ1v) is 12.4. The van der Waals surface area contributed by atoms with Gasteiger partial charge < -0.3 is 25.6 Å². The minimum atomic E-state index is -1.05. The first kappa shape index (κ1) is 34.9. The first-order valence-electron chi connectivity index (χ1n) is 12.4. The summed E-state index contributed by atoms with van der Waals surface area (Å²) in [7, 11) is 2.39. The van der Waals surface area contributed by atoms with Crippen molar-refractivity contribution in [2.75, 3.05) is 36.3 Å². The topological polar surface area (TPSA) is 237 Å². The highest BCUT2D eigenvalue weighted by atomic mass is 16.5. The van der Waals surface area contributed by atoms with E-state index in [-0.39, 0.29) is 54.2 Å². The highest BCUT2D eigenvalue weighted by Gasteiger charge is 2.25. The average Bonchev–Trinajstić information content (AvgIpc) is 2.91. The van der Waals surface area contributed by atoms with Gasteiger partial charge in [0, 0.05) is 45.0 Å². The summed E-state index contributed by atoms with van der Waals surface area (Å²) in [5.41, 5.74) is 0.200. The van der Waals surface area contributed by atoms with Crippen LogP contribution in [0, 0.1) is 0 Å². The lowest BCUT2D eigenvalue weighted by Crippen LogP contribution is -2.41. The molecule has 1 aromatic heterocycles. The van der Waals surface area contributed by atoms with Crippen LogP contribution in [-0.4, -0.2) is 77.8 Å². The number of amides is 4. The number of hydrogen-bond donors (Lipinski definition) is 4. The number of methoxy groups -OCH3 is 2. The van der Waals surface area contributed by atoms with Gasteiger partial charge in [-0.3, -0.25) is 39.1 Å². The maximum absolute atomic E-state index is 12.8. The number of ether oxygens (including phenoxy) is 2. The number of nitrogens with one attached hydrogen (secondary N) is 4. The van der Waals surface area contributed by atoms with Crippen LogP contribution in [0.2, 0.25) is 0 Å². The molecule has 0 bridgehead atoms. The van der Waals surface area contributed by atoms with E-state index in [1.165, 1.54) is 33.3 Å². The smallest absolute Gasteiger partial charge is 0.328 e. The van der Waals surface area contributed by atoms with Crippen molar-refractivity contribution in [2.24, 2.45) is 0 Å². The lowest BCUT2D eigenvalue weighted by molar-refractivity contribution is -0.144. The Morgan fingerprint density at radius 1 is 0.976 bits per heavy atom. The van der Waals surface area contributed by atoms with Gasteiger partial charge in [-0.1, -0.05) is 0 Å². The number of imide groups is 1. The average molecular weight is 591 g/mol. The summed E-state index contributed by atoms with van der Waals surface area (Å²) in [6, 6.07) is 5.14. The van der Waals surface area contributed by atoms with Crippen molar-refractivity contribution >= 4 is 53.0 Å². The Balaban J connectivity index is 0.00000882. The number of hydrogen-bond acceptors (Lipinski definition) is 11. The molecule has 0 saturated heterocycles. The zero-order chi connectivity index (χ0) is 30.7. The Hall–Kier alpha value is -5.12. The summed E-state index contributed by atoms with van der Waals surface area (Å²) in [6.07, 6.45) is -0.0540. The summed E-state index contributed by atoms with van der Waals surface area (Å²) in [5.74, 6) is -4.04. The van der Waals surface area contributed by atoms with Crippen molar-refractivity contribution in [3.63, 3.8) is 0 Å². The third kappa shape index (κ3) is 9.81. The lowest BCUT2D eigenvalue weighted by Gasteiger charge is -2.20. The van der Waals surface area contributed by atoms with E-state index in [1.807, 2.05) is 0 Å². The van der Waals surface area contributed by atoms with E-state index in [0.29, 0.717) is 5.69 Å². The van der Waals surface area contributed by atoms with Gasteiger partial charge in [0.1, 0.15) is 6.04 Å². The number of anilines is 3. The molecule has 0 unspecified atom stereocenters. The zero-order valence-electron chi connectivity index (χ0n) is 23.8. The van der Waals surface area contributed by atoms with E-state index < -0.39 is 47.2 Å². The Kier molecular flexibility index (Phi) is 13.5. The summed E-state index contributed by atoms with van der Waals surface area (Å²) in [6.45, 7) is 3.68. The van der Waals surface area contributed by atoms with Crippen molar-refractivity contribution in [3.05, 3.63) is 45.7 Å². The number of esters is 2. The minimum absolute atomic E-state index is 0. The van der Waals surface area contributed by atoms with Crippen molar-refractivity contribution < 1.29 is 43.7 Å². The molecule has 6 N–H and O–H groups in total. The van der Waals surface area contributed by atoms with Crippen molar-refractivity contribution in [2.45, 2.75) is 46.1 Å². The van der Waals surface area contributed by atoms with Crippen LogP contribution < -0.4 is 26.4 Å². The molecule has 0 saturated carbocycles. The van der Waals surface area contributed by atoms with Crippen molar-refractivity contribution in [1.29, 1.82) is 0 Å². The van der Waals surface area contributed by atoms with E-state index in [9.17, 15) is 33.6 Å². The van der Waals surface area contributed by atoms with E-state index in [1.54, 1.807) is 12.1 Å². The number of carbonyl (C=O) groups excluding carboxylic acids is 6. The number of carbonyl (C=O) groups is 6. The second-order valence-electron chi connectivity index (χ2n) is 8.69. The quantitative estimate of drug-likeness (QED) is 0.234. The molecule has 16 nitrogen and oxygen atoms in total. The molecule has 0 aliphatic heterocycles. The predicted octanol–water partition coefficient (Wildman–Crippen LogP) is -0.318. The summed E-state index contributed by atoms with van der Waals surface area (Å²) < 4.78 is 9.25. The van der Waals surface area contributed by atoms with Gasteiger partial charge in [0.05, 0.1) is 19.8 Å². The molecule has 2 rings (SSSR count). The van der Waals surface area contributed by atoms with Crippen molar-refractivity contribution in [3.8, 4) is 0 Å². The van der Waals surface area contributed by atoms with Crippen LogP contribution >= 0.6 is 0 Å². The van der Waals surface area contributed by atoms with Crippen LogP contribution in [0.4, 0.5) is 17.5 Å². The van der Waals surface area contributed by atoms with Crippen LogP contribution in [0.3, 0.4) is 0 Å². The maximum atomic E-state index is 12.8. The van der Waals surface area contributed by atoms with Gasteiger partial charge in [0.15, 0.2) is 5.82 Å². The maximum Gasteiger partial charge on any atom is 0.328 e. The first-order chi connectivity index (χ1) is 19.4. The summed E-state index contributed by atoms with van der Waals surface area (Å²) in [4.78, 5) is 91.8. The Labute approximate surface area is 240 Å². The molecule has 228 valence electrons. The third-order valence-corrected chi connectivity index (χ3v) is 5.64. The highest BCUT2D eigenvalue weighted by Crippen LogP contribution is 2.18. The van der Waals surface area contributed by atoms with Crippen LogP contribution in [0.5, 0.6) is 0 Å². The van der Waals surface area contributed by atoms with Gasteiger partial charge in [-0.2, -0.15) is 4.98 Å². The lowest BCUT2D eigenvalue weighted by atomic mass is 10.1. The molecular formula is C26H34N6O10. The fraction of sp³-hybridized carbons (Fsp3) is 0.385. The number of aromatic nitrogens is 2.